The minimum absolute atomic E-state index is 0.102. The number of hydrogen-bond donors (Lipinski definition) is 0. The molecule has 2 atom stereocenters. The summed E-state index contributed by atoms with van der Waals surface area (Å²) in [5.41, 5.74) is -0.187. The average molecular weight is 224 g/mol. The van der Waals surface area contributed by atoms with Crippen LogP contribution < -0.4 is 0 Å². The van der Waals surface area contributed by atoms with Gasteiger partial charge in [-0.2, -0.15) is 0 Å². The van der Waals surface area contributed by atoms with Crippen molar-refractivity contribution in [2.24, 2.45) is 17.3 Å². The van der Waals surface area contributed by atoms with Gasteiger partial charge in [0, 0.05) is 5.92 Å². The molecule has 16 heavy (non-hydrogen) atoms. The first-order valence-electron chi connectivity index (χ1n) is 6.23. The molecule has 2 aliphatic rings. The van der Waals surface area contributed by atoms with Gasteiger partial charge in [0.05, 0.1) is 5.92 Å². The van der Waals surface area contributed by atoms with Gasteiger partial charge in [-0.25, -0.2) is 0 Å². The zero-order chi connectivity index (χ0) is 11.8. The molecule has 90 valence electrons. The Bertz CT molecular complexity index is 290. The molecule has 2 aliphatic carbocycles. The zero-order valence-electron chi connectivity index (χ0n) is 10.1. The van der Waals surface area contributed by atoms with Gasteiger partial charge in [-0.3, -0.25) is 4.79 Å². The van der Waals surface area contributed by atoms with Gasteiger partial charge in [0.15, 0.2) is 0 Å². The maximum atomic E-state index is 11.9. The predicted molar refractivity (Wildman–Crippen MR) is 59.8 cm³/mol. The largest absolute Gasteiger partial charge is 0.462 e. The molecule has 3 heteroatoms. The third kappa shape index (κ3) is 2.00. The summed E-state index contributed by atoms with van der Waals surface area (Å²) >= 11 is 0. The summed E-state index contributed by atoms with van der Waals surface area (Å²) in [6.07, 6.45) is 6.54. The Morgan fingerprint density at radius 2 is 1.88 bits per heavy atom. The van der Waals surface area contributed by atoms with Crippen molar-refractivity contribution in [1.82, 2.24) is 0 Å². The van der Waals surface area contributed by atoms with E-state index in [0.717, 1.165) is 32.0 Å². The van der Waals surface area contributed by atoms with Crippen LogP contribution in [0.25, 0.3) is 0 Å². The lowest BCUT2D eigenvalue weighted by molar-refractivity contribution is -0.153. The second kappa shape index (κ2) is 4.19. The van der Waals surface area contributed by atoms with Crippen LogP contribution in [0, 0.1) is 17.3 Å². The summed E-state index contributed by atoms with van der Waals surface area (Å²) in [6.45, 7) is 3.91. The van der Waals surface area contributed by atoms with Crippen LogP contribution in [0.15, 0.2) is 0 Å². The van der Waals surface area contributed by atoms with Gasteiger partial charge in [-0.05, 0) is 31.1 Å². The smallest absolute Gasteiger partial charge is 0.310 e. The van der Waals surface area contributed by atoms with E-state index >= 15 is 0 Å². The van der Waals surface area contributed by atoms with E-state index in [2.05, 4.69) is 0 Å². The van der Waals surface area contributed by atoms with Gasteiger partial charge in [0.25, 0.3) is 0 Å². The molecule has 0 N–H and O–H groups in total. The monoisotopic (exact) mass is 224 g/mol. The summed E-state index contributed by atoms with van der Waals surface area (Å²) in [7, 11) is 0. The molecule has 0 aromatic rings. The number of hydrogen-bond acceptors (Lipinski definition) is 3. The molecule has 0 bridgehead atoms. The molecule has 0 aromatic heterocycles. The predicted octanol–water partition coefficient (Wildman–Crippen LogP) is 2.33. The average Bonchev–Trinajstić information content (AvgIpc) is 2.82. The fourth-order valence-electron chi connectivity index (χ4n) is 2.80. The Morgan fingerprint density at radius 1 is 1.25 bits per heavy atom. The molecule has 2 unspecified atom stereocenters. The molecule has 0 aliphatic heterocycles. The lowest BCUT2D eigenvalue weighted by Gasteiger charge is -2.22. The number of ether oxygens (including phenoxy) is 1. The van der Waals surface area contributed by atoms with Gasteiger partial charge in [0.2, 0.25) is 0 Å². The third-order valence-electron chi connectivity index (χ3n) is 4.15. The normalized spacial score (nSPS) is 33.1. The molecule has 2 fully saturated rings. The van der Waals surface area contributed by atoms with E-state index in [4.69, 9.17) is 4.74 Å². The zero-order valence-corrected chi connectivity index (χ0v) is 10.1. The van der Waals surface area contributed by atoms with Crippen molar-refractivity contribution < 1.29 is 14.3 Å². The van der Waals surface area contributed by atoms with E-state index in [0.29, 0.717) is 0 Å². The maximum Gasteiger partial charge on any atom is 0.310 e. The van der Waals surface area contributed by atoms with Crippen molar-refractivity contribution in [3.8, 4) is 0 Å². The quantitative estimate of drug-likeness (QED) is 0.546. The van der Waals surface area contributed by atoms with Gasteiger partial charge in [-0.1, -0.05) is 20.3 Å². The lowest BCUT2D eigenvalue weighted by atomic mass is 9.98. The van der Waals surface area contributed by atoms with Crippen LogP contribution in [0.5, 0.6) is 0 Å². The van der Waals surface area contributed by atoms with Crippen LogP contribution in [0.2, 0.25) is 0 Å². The standard InChI is InChI=1S/C13H20O3/c1-13(2)10(8-14)11(13)12(15)16-9-6-4-3-5-7-9/h8-11H,3-7H2,1-2H3. The van der Waals surface area contributed by atoms with Crippen molar-refractivity contribution in [2.45, 2.75) is 52.1 Å². The Hall–Kier alpha value is -0.860. The number of esters is 1. The fraction of sp³-hybridized carbons (Fsp3) is 0.846. The fourth-order valence-corrected chi connectivity index (χ4v) is 2.80. The van der Waals surface area contributed by atoms with Gasteiger partial charge < -0.3 is 9.53 Å². The van der Waals surface area contributed by atoms with Gasteiger partial charge >= 0.3 is 5.97 Å². The van der Waals surface area contributed by atoms with E-state index in [1.165, 1.54) is 6.42 Å². The van der Waals surface area contributed by atoms with Crippen LogP contribution in [0.3, 0.4) is 0 Å². The Kier molecular flexibility index (Phi) is 3.04. The van der Waals surface area contributed by atoms with Crippen LogP contribution >= 0.6 is 0 Å². The molecule has 0 saturated heterocycles. The van der Waals surface area contributed by atoms with Crippen molar-refractivity contribution in [3.05, 3.63) is 0 Å². The highest BCUT2D eigenvalue weighted by Gasteiger charge is 2.63. The van der Waals surface area contributed by atoms with Gasteiger partial charge in [-0.15, -0.1) is 0 Å². The first-order valence-corrected chi connectivity index (χ1v) is 6.23. The van der Waals surface area contributed by atoms with Crippen LogP contribution in [-0.4, -0.2) is 18.4 Å². The Labute approximate surface area is 96.5 Å². The van der Waals surface area contributed by atoms with E-state index in [-0.39, 0.29) is 29.3 Å². The summed E-state index contributed by atoms with van der Waals surface area (Å²) in [5.74, 6) is -0.496. The molecule has 2 rings (SSSR count). The Morgan fingerprint density at radius 3 is 2.38 bits per heavy atom. The third-order valence-corrected chi connectivity index (χ3v) is 4.15. The van der Waals surface area contributed by atoms with Crippen molar-refractivity contribution in [1.29, 1.82) is 0 Å². The molecule has 0 amide bonds. The van der Waals surface area contributed by atoms with Crippen LogP contribution in [0.1, 0.15) is 46.0 Å². The SMILES string of the molecule is CC1(C)C(C=O)C1C(=O)OC1CCCCC1. The molecule has 0 radical (unpaired) electrons. The van der Waals surface area contributed by atoms with Crippen molar-refractivity contribution in [2.75, 3.05) is 0 Å². The van der Waals surface area contributed by atoms with E-state index in [9.17, 15) is 9.59 Å². The minimum atomic E-state index is -0.202. The van der Waals surface area contributed by atoms with Crippen molar-refractivity contribution >= 4 is 12.3 Å². The molecule has 3 nitrogen and oxygen atoms in total. The summed E-state index contributed by atoms with van der Waals surface area (Å²) in [6, 6.07) is 0. The number of carbonyl (C=O) groups excluding carboxylic acids is 2. The maximum absolute atomic E-state index is 11.9. The summed E-state index contributed by atoms with van der Waals surface area (Å²) < 4.78 is 5.49. The Balaban J connectivity index is 1.87. The first-order chi connectivity index (χ1) is 7.57. The van der Waals surface area contributed by atoms with Gasteiger partial charge in [0.1, 0.15) is 12.4 Å². The molecule has 0 spiro atoms. The highest BCUT2D eigenvalue weighted by Crippen LogP contribution is 2.57. The minimum Gasteiger partial charge on any atom is -0.462 e. The molecule has 0 aromatic carbocycles. The van der Waals surface area contributed by atoms with E-state index in [1.807, 2.05) is 13.8 Å². The van der Waals surface area contributed by atoms with E-state index in [1.54, 1.807) is 0 Å². The molecular formula is C13H20O3. The topological polar surface area (TPSA) is 43.4 Å². The van der Waals surface area contributed by atoms with Crippen molar-refractivity contribution in [3.63, 3.8) is 0 Å². The number of carbonyl (C=O) groups is 2. The highest BCUT2D eigenvalue weighted by atomic mass is 16.5. The first kappa shape index (κ1) is 11.6. The molecular weight excluding hydrogens is 204 g/mol. The second-order valence-corrected chi connectivity index (χ2v) is 5.66. The second-order valence-electron chi connectivity index (χ2n) is 5.66. The molecule has 0 heterocycles. The van der Waals surface area contributed by atoms with Crippen LogP contribution in [-0.2, 0) is 14.3 Å². The van der Waals surface area contributed by atoms with Crippen LogP contribution in [0.4, 0.5) is 0 Å². The highest BCUT2D eigenvalue weighted by molar-refractivity contribution is 5.84. The summed E-state index contributed by atoms with van der Waals surface area (Å²) in [5, 5.41) is 0. The number of aldehydes is 1. The molecule has 2 saturated carbocycles. The lowest BCUT2D eigenvalue weighted by Crippen LogP contribution is -2.23. The summed E-state index contributed by atoms with van der Waals surface area (Å²) in [4.78, 5) is 22.7. The van der Waals surface area contributed by atoms with E-state index < -0.39 is 0 Å². The number of rotatable bonds is 3.